The third-order valence-electron chi connectivity index (χ3n) is 6.13. The Balaban J connectivity index is 0.000000181. The molecule has 0 atom stereocenters. The summed E-state index contributed by atoms with van der Waals surface area (Å²) in [6, 6.07) is 7.55. The van der Waals surface area contributed by atoms with Crippen LogP contribution in [0.1, 0.15) is 7.43 Å². The minimum atomic E-state index is -1.30. The van der Waals surface area contributed by atoms with Crippen LogP contribution in [-0.4, -0.2) is 70.1 Å². The Morgan fingerprint density at radius 3 is 1.34 bits per heavy atom. The van der Waals surface area contributed by atoms with Crippen molar-refractivity contribution in [2.24, 2.45) is 9.98 Å². The first-order valence-corrected chi connectivity index (χ1v) is 18.8. The Bertz CT molecular complexity index is 2150. The summed E-state index contributed by atoms with van der Waals surface area (Å²) in [6.07, 6.45) is 9.14. The van der Waals surface area contributed by atoms with Crippen molar-refractivity contribution in [1.82, 2.24) is 40.8 Å². The molecule has 8 rings (SSSR count). The van der Waals surface area contributed by atoms with Crippen LogP contribution in [-0.2, 0) is 9.59 Å². The molecule has 272 valence electrons. The first-order chi connectivity index (χ1) is 25.3. The third kappa shape index (κ3) is 12.9. The SMILES string of the molecule is C.Nc1cn[nH]c1-c1ccsc1.Nc1cn[nH]c1Br.O=C=Nc1cn[nH]c1-c1ccsc1.O=C=Nc1cn[nH]c1-c1ccsc1.OB(O)c1ccsc1. The van der Waals surface area contributed by atoms with Crippen LogP contribution in [0.15, 0.2) is 107 Å². The fraction of sp³-hybridized carbons (Fsp3) is 0.0323. The molecule has 0 amide bonds. The predicted molar refractivity (Wildman–Crippen MR) is 217 cm³/mol. The molecule has 0 radical (unpaired) electrons. The highest BCUT2D eigenvalue weighted by Gasteiger charge is 2.09. The minimum absolute atomic E-state index is 0. The molecule has 0 saturated heterocycles. The molecular weight excluding hydrogens is 823 g/mol. The van der Waals surface area contributed by atoms with Crippen LogP contribution in [0.5, 0.6) is 0 Å². The summed E-state index contributed by atoms with van der Waals surface area (Å²) in [5.41, 5.74) is 19.4. The van der Waals surface area contributed by atoms with E-state index < -0.39 is 7.12 Å². The number of nitrogens with zero attached hydrogens (tertiary/aromatic N) is 6. The lowest BCUT2D eigenvalue weighted by molar-refractivity contribution is 0.426. The maximum absolute atomic E-state index is 10.1. The number of thiophene rings is 4. The van der Waals surface area contributed by atoms with Gasteiger partial charge in [0.25, 0.3) is 0 Å². The number of rotatable bonds is 6. The van der Waals surface area contributed by atoms with Gasteiger partial charge in [-0.25, -0.2) is 9.59 Å². The van der Waals surface area contributed by atoms with E-state index in [0.29, 0.717) is 28.2 Å². The van der Waals surface area contributed by atoms with Gasteiger partial charge in [0, 0.05) is 32.8 Å². The molecule has 22 heteroatoms. The number of halogens is 1. The van der Waals surface area contributed by atoms with E-state index in [-0.39, 0.29) is 7.43 Å². The highest BCUT2D eigenvalue weighted by molar-refractivity contribution is 9.10. The Hall–Kier alpha value is -5.54. The van der Waals surface area contributed by atoms with Gasteiger partial charge in [0.2, 0.25) is 12.2 Å². The fourth-order valence-corrected chi connectivity index (χ4v) is 6.52. The van der Waals surface area contributed by atoms with Crippen LogP contribution in [0.25, 0.3) is 33.8 Å². The molecule has 8 heterocycles. The molecule has 16 nitrogen and oxygen atoms in total. The minimum Gasteiger partial charge on any atom is -0.423 e. The van der Waals surface area contributed by atoms with Crippen LogP contribution >= 0.6 is 61.3 Å². The van der Waals surface area contributed by atoms with Gasteiger partial charge in [-0.2, -0.15) is 75.7 Å². The number of nitrogens with one attached hydrogen (secondary N) is 4. The Labute approximate surface area is 326 Å². The van der Waals surface area contributed by atoms with Gasteiger partial charge in [-0.3, -0.25) is 20.4 Å². The smallest absolute Gasteiger partial charge is 0.423 e. The first-order valence-electron chi connectivity index (χ1n) is 14.2. The van der Waals surface area contributed by atoms with E-state index in [1.807, 2.05) is 50.5 Å². The van der Waals surface area contributed by atoms with Gasteiger partial charge in [0.15, 0.2) is 0 Å². The van der Waals surface area contributed by atoms with Crippen molar-refractivity contribution in [1.29, 1.82) is 0 Å². The van der Waals surface area contributed by atoms with Crippen LogP contribution < -0.4 is 16.9 Å². The number of aromatic amines is 4. The highest BCUT2D eigenvalue weighted by atomic mass is 79.9. The number of anilines is 2. The second-order valence-electron chi connectivity index (χ2n) is 9.47. The molecule has 0 aliphatic rings. The lowest BCUT2D eigenvalue weighted by atomic mass is 9.83. The van der Waals surface area contributed by atoms with Gasteiger partial charge in [0.05, 0.1) is 53.2 Å². The largest absolute Gasteiger partial charge is 0.489 e. The monoisotopic (exact) mass is 852 g/mol. The second kappa shape index (κ2) is 22.4. The van der Waals surface area contributed by atoms with Gasteiger partial charge in [-0.1, -0.05) is 13.5 Å². The first kappa shape index (κ1) is 41.9. The lowest BCUT2D eigenvalue weighted by Crippen LogP contribution is -2.27. The average Bonchev–Trinajstić information content (AvgIpc) is 3.99. The molecule has 0 aromatic carbocycles. The van der Waals surface area contributed by atoms with Crippen molar-refractivity contribution in [3.8, 4) is 33.8 Å². The number of aliphatic imine (C=N–C) groups is 2. The second-order valence-corrected chi connectivity index (χ2v) is 13.4. The van der Waals surface area contributed by atoms with Crippen molar-refractivity contribution in [2.75, 3.05) is 11.5 Å². The number of nitrogens with two attached hydrogens (primary N) is 2. The van der Waals surface area contributed by atoms with E-state index in [9.17, 15) is 9.59 Å². The number of hydrogen-bond acceptors (Lipinski definition) is 16. The summed E-state index contributed by atoms with van der Waals surface area (Å²) in [4.78, 5) is 27.2. The molecule has 0 unspecified atom stereocenters. The van der Waals surface area contributed by atoms with Crippen LogP contribution in [0.3, 0.4) is 0 Å². The van der Waals surface area contributed by atoms with Gasteiger partial charge in [-0.05, 0) is 66.5 Å². The van der Waals surface area contributed by atoms with Gasteiger partial charge in [-0.15, -0.1) is 0 Å². The van der Waals surface area contributed by atoms with Crippen molar-refractivity contribution < 1.29 is 19.6 Å². The zero-order valence-corrected chi connectivity index (χ0v) is 31.2. The molecule has 0 aliphatic heterocycles. The highest BCUT2D eigenvalue weighted by Crippen LogP contribution is 2.29. The van der Waals surface area contributed by atoms with Crippen LogP contribution in [0.2, 0.25) is 0 Å². The van der Waals surface area contributed by atoms with E-state index in [0.717, 1.165) is 38.4 Å². The lowest BCUT2D eigenvalue weighted by Gasteiger charge is -1.91. The molecule has 8 aromatic rings. The maximum atomic E-state index is 10.1. The standard InChI is InChI=1S/2C8H5N3OS.C7H7N3S.C4H5BO2S.C3H4BrN3.CH4/c2*12-5-9-7-3-10-11-8(7)6-1-2-13-4-6;8-6-3-9-10-7(6)5-1-2-11-4-5;6-5(7)4-1-2-8-3-4;4-3-2(5)1-6-7-3;/h2*1-4H,(H,10,11);1-4H,8H2,(H,9,10);1-3,6-7H;1H,5H2,(H,6,7);1H4. The quantitative estimate of drug-likeness (QED) is 0.0495. The normalized spacial score (nSPS) is 9.42. The predicted octanol–water partition coefficient (Wildman–Crippen LogP) is 6.75. The number of aromatic nitrogens is 8. The van der Waals surface area contributed by atoms with Crippen LogP contribution in [0.4, 0.5) is 22.7 Å². The molecule has 10 N–H and O–H groups in total. The van der Waals surface area contributed by atoms with E-state index >= 15 is 0 Å². The maximum Gasteiger partial charge on any atom is 0.489 e. The van der Waals surface area contributed by atoms with Crippen molar-refractivity contribution in [3.63, 3.8) is 0 Å². The van der Waals surface area contributed by atoms with Gasteiger partial charge >= 0.3 is 7.12 Å². The van der Waals surface area contributed by atoms with E-state index in [4.69, 9.17) is 21.5 Å². The number of carbonyl (C=O) groups excluding carboxylic acids is 2. The molecule has 53 heavy (non-hydrogen) atoms. The Kier molecular flexibility index (Phi) is 17.7. The Morgan fingerprint density at radius 2 is 1.04 bits per heavy atom. The molecule has 0 bridgehead atoms. The van der Waals surface area contributed by atoms with Crippen LogP contribution in [0, 0.1) is 0 Å². The number of H-pyrrole nitrogens is 4. The molecule has 8 aromatic heterocycles. The summed E-state index contributed by atoms with van der Waals surface area (Å²) in [6.45, 7) is 0. The molecule has 0 saturated carbocycles. The van der Waals surface area contributed by atoms with E-state index in [2.05, 4.69) is 66.7 Å². The number of isocyanates is 2. The summed E-state index contributed by atoms with van der Waals surface area (Å²) in [5, 5.41) is 58.4. The Morgan fingerprint density at radius 1 is 0.623 bits per heavy atom. The third-order valence-corrected chi connectivity index (χ3v) is 9.52. The zero-order chi connectivity index (χ0) is 37.1. The average molecular weight is 854 g/mol. The summed E-state index contributed by atoms with van der Waals surface area (Å²) in [7, 11) is -1.30. The van der Waals surface area contributed by atoms with E-state index in [1.165, 1.54) is 35.9 Å². The molecule has 0 aliphatic carbocycles. The summed E-state index contributed by atoms with van der Waals surface area (Å²) < 4.78 is 0.743. The molecular formula is C31H30BBrN12O4S4. The summed E-state index contributed by atoms with van der Waals surface area (Å²) in [5.74, 6) is 0. The van der Waals surface area contributed by atoms with Gasteiger partial charge < -0.3 is 21.5 Å². The molecule has 0 spiro atoms. The molecule has 0 fully saturated rings. The van der Waals surface area contributed by atoms with Gasteiger partial charge in [0.1, 0.15) is 16.0 Å². The van der Waals surface area contributed by atoms with Crippen molar-refractivity contribution in [2.45, 2.75) is 7.43 Å². The fourth-order valence-electron chi connectivity index (χ4n) is 3.70. The summed E-state index contributed by atoms with van der Waals surface area (Å²) >= 11 is 9.37. The van der Waals surface area contributed by atoms with Crippen molar-refractivity contribution in [3.05, 3.63) is 96.7 Å². The van der Waals surface area contributed by atoms with Crippen molar-refractivity contribution >= 4 is 109 Å². The van der Waals surface area contributed by atoms with E-state index in [1.54, 1.807) is 63.2 Å². The topological polar surface area (TPSA) is 266 Å². The number of nitrogen functional groups attached to an aromatic ring is 2. The zero-order valence-electron chi connectivity index (χ0n) is 26.4. The number of hydrogen-bond donors (Lipinski definition) is 8.